The van der Waals surface area contributed by atoms with Crippen LogP contribution in [-0.2, 0) is 24.2 Å². The maximum Gasteiger partial charge on any atom is 0.308 e. The van der Waals surface area contributed by atoms with Crippen LogP contribution in [0.3, 0.4) is 0 Å². The maximum atomic E-state index is 11.7. The van der Waals surface area contributed by atoms with Gasteiger partial charge in [-0.25, -0.2) is 0 Å². The molecule has 0 saturated heterocycles. The van der Waals surface area contributed by atoms with Crippen molar-refractivity contribution in [3.8, 4) is 0 Å². The van der Waals surface area contributed by atoms with Crippen LogP contribution in [0.1, 0.15) is 24.6 Å². The predicted molar refractivity (Wildman–Crippen MR) is 59.5 cm³/mol. The number of aliphatic carboxylic acids is 1. The Morgan fingerprint density at radius 1 is 1.50 bits per heavy atom. The number of fused-ring (bicyclic) bond motifs is 1. The molecule has 1 aromatic heterocycles. The van der Waals surface area contributed by atoms with E-state index in [1.165, 1.54) is 5.56 Å². The van der Waals surface area contributed by atoms with Gasteiger partial charge in [-0.2, -0.15) is 0 Å². The molecular weight excluding hydrogens is 206 g/mol. The molecule has 0 aromatic carbocycles. The molecule has 1 heterocycles. The Bertz CT molecular complexity index is 476. The molecule has 0 aliphatic heterocycles. The molecule has 86 valence electrons. The van der Waals surface area contributed by atoms with Crippen molar-refractivity contribution in [2.75, 3.05) is 0 Å². The summed E-state index contributed by atoms with van der Waals surface area (Å²) in [5.41, 5.74) is 2.13. The average Bonchev–Trinajstić information content (AvgIpc) is 2.70. The van der Waals surface area contributed by atoms with Gasteiger partial charge in [-0.05, 0) is 24.8 Å². The number of hydrogen-bond donors (Lipinski definition) is 1. The number of carboxylic acid groups (broad SMARTS) is 1. The fourth-order valence-electron chi connectivity index (χ4n) is 2.19. The Labute approximate surface area is 93.5 Å². The highest BCUT2D eigenvalue weighted by Crippen LogP contribution is 2.20. The zero-order chi connectivity index (χ0) is 11.7. The van der Waals surface area contributed by atoms with E-state index in [0.717, 1.165) is 25.0 Å². The highest BCUT2D eigenvalue weighted by atomic mass is 16.4. The third-order valence-corrected chi connectivity index (χ3v) is 3.13. The van der Waals surface area contributed by atoms with Crippen molar-refractivity contribution in [1.82, 2.24) is 4.57 Å². The van der Waals surface area contributed by atoms with E-state index >= 15 is 0 Å². The second kappa shape index (κ2) is 4.12. The summed E-state index contributed by atoms with van der Waals surface area (Å²) in [6, 6.07) is 3.41. The Balaban J connectivity index is 2.37. The number of carboxylic acids is 1. The topological polar surface area (TPSA) is 59.3 Å². The Morgan fingerprint density at radius 3 is 2.94 bits per heavy atom. The molecule has 2 rings (SSSR count). The van der Waals surface area contributed by atoms with Crippen LogP contribution in [0.4, 0.5) is 0 Å². The van der Waals surface area contributed by atoms with Gasteiger partial charge in [-0.3, -0.25) is 9.59 Å². The van der Waals surface area contributed by atoms with Gasteiger partial charge in [0.15, 0.2) is 0 Å². The van der Waals surface area contributed by atoms with Crippen molar-refractivity contribution in [2.45, 2.75) is 32.7 Å². The second-order valence-corrected chi connectivity index (χ2v) is 4.35. The monoisotopic (exact) mass is 221 g/mol. The van der Waals surface area contributed by atoms with E-state index in [1.807, 2.05) is 6.07 Å². The van der Waals surface area contributed by atoms with Crippen molar-refractivity contribution in [2.24, 2.45) is 5.92 Å². The number of aryl methyl sites for hydroxylation is 1. The van der Waals surface area contributed by atoms with Crippen LogP contribution >= 0.6 is 0 Å². The van der Waals surface area contributed by atoms with Crippen molar-refractivity contribution in [3.63, 3.8) is 0 Å². The summed E-state index contributed by atoms with van der Waals surface area (Å²) in [6.45, 7) is 1.90. The number of pyridine rings is 1. The minimum absolute atomic E-state index is 0.0891. The molecule has 0 spiro atoms. The molecule has 4 heteroatoms. The molecule has 1 N–H and O–H groups in total. The highest BCUT2D eigenvalue weighted by Gasteiger charge is 2.19. The molecule has 1 atom stereocenters. The lowest BCUT2D eigenvalue weighted by Gasteiger charge is -2.14. The van der Waals surface area contributed by atoms with Gasteiger partial charge in [0.2, 0.25) is 0 Å². The van der Waals surface area contributed by atoms with Crippen LogP contribution in [0.25, 0.3) is 0 Å². The number of carbonyl (C=O) groups is 1. The molecule has 1 aliphatic carbocycles. The third-order valence-electron chi connectivity index (χ3n) is 3.13. The number of rotatable bonds is 3. The Kier molecular flexibility index (Phi) is 2.81. The van der Waals surface area contributed by atoms with Gasteiger partial charge in [0.25, 0.3) is 5.56 Å². The highest BCUT2D eigenvalue weighted by molar-refractivity contribution is 5.69. The van der Waals surface area contributed by atoms with E-state index in [0.29, 0.717) is 0 Å². The number of aromatic nitrogens is 1. The predicted octanol–water partition coefficient (Wildman–Crippen LogP) is 1.06. The van der Waals surface area contributed by atoms with Crippen LogP contribution in [0.2, 0.25) is 0 Å². The largest absolute Gasteiger partial charge is 0.481 e. The summed E-state index contributed by atoms with van der Waals surface area (Å²) in [7, 11) is 0. The molecule has 16 heavy (non-hydrogen) atoms. The van der Waals surface area contributed by atoms with E-state index in [9.17, 15) is 9.59 Å². The third kappa shape index (κ3) is 1.87. The molecule has 4 nitrogen and oxygen atoms in total. The van der Waals surface area contributed by atoms with Crippen LogP contribution in [0.15, 0.2) is 16.9 Å². The molecule has 1 aromatic rings. The minimum atomic E-state index is -0.859. The van der Waals surface area contributed by atoms with E-state index in [1.54, 1.807) is 17.6 Å². The summed E-state index contributed by atoms with van der Waals surface area (Å²) in [5.74, 6) is -1.38. The van der Waals surface area contributed by atoms with E-state index in [2.05, 4.69) is 0 Å². The molecule has 0 bridgehead atoms. The van der Waals surface area contributed by atoms with Gasteiger partial charge in [-0.15, -0.1) is 0 Å². The van der Waals surface area contributed by atoms with Crippen molar-refractivity contribution < 1.29 is 9.90 Å². The smallest absolute Gasteiger partial charge is 0.308 e. The summed E-state index contributed by atoms with van der Waals surface area (Å²) >= 11 is 0. The van der Waals surface area contributed by atoms with Gasteiger partial charge in [-0.1, -0.05) is 13.0 Å². The maximum absolute atomic E-state index is 11.7. The first kappa shape index (κ1) is 10.9. The fraction of sp³-hybridized carbons (Fsp3) is 0.500. The SMILES string of the molecule is CC(Cn1c2c(ccc1=O)CCC2)C(=O)O. The fourth-order valence-corrected chi connectivity index (χ4v) is 2.19. The van der Waals surface area contributed by atoms with Crippen LogP contribution < -0.4 is 5.56 Å². The zero-order valence-electron chi connectivity index (χ0n) is 9.27. The molecule has 1 aliphatic rings. The first-order chi connectivity index (χ1) is 7.59. The van der Waals surface area contributed by atoms with Crippen LogP contribution in [0, 0.1) is 5.92 Å². The van der Waals surface area contributed by atoms with Crippen molar-refractivity contribution in [1.29, 1.82) is 0 Å². The first-order valence-electron chi connectivity index (χ1n) is 5.54. The van der Waals surface area contributed by atoms with Gasteiger partial charge in [0, 0.05) is 18.3 Å². The molecular formula is C12H15NO3. The summed E-state index contributed by atoms with van der Waals surface area (Å²) in [5, 5.41) is 8.87. The van der Waals surface area contributed by atoms with Crippen LogP contribution in [0.5, 0.6) is 0 Å². The molecule has 0 saturated carbocycles. The lowest BCUT2D eigenvalue weighted by atomic mass is 10.1. The summed E-state index contributed by atoms with van der Waals surface area (Å²) < 4.78 is 1.63. The van der Waals surface area contributed by atoms with E-state index in [4.69, 9.17) is 5.11 Å². The van der Waals surface area contributed by atoms with E-state index in [-0.39, 0.29) is 12.1 Å². The molecule has 0 fully saturated rings. The first-order valence-corrected chi connectivity index (χ1v) is 5.54. The Hall–Kier alpha value is -1.58. The van der Waals surface area contributed by atoms with Gasteiger partial charge < -0.3 is 9.67 Å². The molecule has 0 amide bonds. The zero-order valence-corrected chi connectivity index (χ0v) is 9.27. The van der Waals surface area contributed by atoms with E-state index < -0.39 is 11.9 Å². The summed E-state index contributed by atoms with van der Waals surface area (Å²) in [6.07, 6.45) is 2.94. The number of nitrogens with zero attached hydrogens (tertiary/aromatic N) is 1. The van der Waals surface area contributed by atoms with Crippen molar-refractivity contribution in [3.05, 3.63) is 33.7 Å². The van der Waals surface area contributed by atoms with Crippen LogP contribution in [-0.4, -0.2) is 15.6 Å². The van der Waals surface area contributed by atoms with Gasteiger partial charge in [0.05, 0.1) is 5.92 Å². The summed E-state index contributed by atoms with van der Waals surface area (Å²) in [4.78, 5) is 22.5. The standard InChI is InChI=1S/C12H15NO3/c1-8(12(15)16)7-13-10-4-2-3-9(10)5-6-11(13)14/h5-6,8H,2-4,7H2,1H3,(H,15,16). The lowest BCUT2D eigenvalue weighted by molar-refractivity contribution is -0.141. The normalized spacial score (nSPS) is 15.8. The lowest BCUT2D eigenvalue weighted by Crippen LogP contribution is -2.28. The van der Waals surface area contributed by atoms with Gasteiger partial charge >= 0.3 is 5.97 Å². The molecule has 0 radical (unpaired) electrons. The average molecular weight is 221 g/mol. The van der Waals surface area contributed by atoms with Gasteiger partial charge in [0.1, 0.15) is 0 Å². The Morgan fingerprint density at radius 2 is 2.25 bits per heavy atom. The molecule has 1 unspecified atom stereocenters. The quantitative estimate of drug-likeness (QED) is 0.830. The minimum Gasteiger partial charge on any atom is -0.481 e. The number of hydrogen-bond acceptors (Lipinski definition) is 2. The second-order valence-electron chi connectivity index (χ2n) is 4.35. The van der Waals surface area contributed by atoms with Crippen molar-refractivity contribution >= 4 is 5.97 Å².